The number of phosphoric acid groups is 2. The molecule has 0 spiro atoms. The first-order chi connectivity index (χ1) is 62.3. The Morgan fingerprint density at radius 3 is 0.853 bits per heavy atom. The van der Waals surface area contributed by atoms with Crippen LogP contribution >= 0.6 is 15.6 Å². The molecule has 760 valence electrons. The van der Waals surface area contributed by atoms with Crippen molar-refractivity contribution in [3.63, 3.8) is 0 Å². The Kier molecular flexibility index (Phi) is 76.3. The van der Waals surface area contributed by atoms with E-state index in [0.29, 0.717) is 38.5 Å². The number of nitrogens with one attached hydrogen (secondary N) is 4. The van der Waals surface area contributed by atoms with Crippen molar-refractivity contribution in [2.75, 3.05) is 13.2 Å². The number of rotatable bonds is 90. The largest absolute Gasteiger partial charge is 0.472 e. The van der Waals surface area contributed by atoms with Crippen molar-refractivity contribution < 1.29 is 111 Å². The Morgan fingerprint density at radius 2 is 0.558 bits per heavy atom. The number of esters is 2. The minimum absolute atomic E-state index is 0.101. The van der Waals surface area contributed by atoms with Gasteiger partial charge in [-0.25, -0.2) is 9.13 Å². The summed E-state index contributed by atoms with van der Waals surface area (Å²) >= 11 is 0. The van der Waals surface area contributed by atoms with Crippen molar-refractivity contribution >= 4 is 51.2 Å². The average Bonchev–Trinajstić information content (AvgIpc) is 0.769. The number of phosphoric ester groups is 2. The van der Waals surface area contributed by atoms with Crippen LogP contribution in [0.1, 0.15) is 504 Å². The first kappa shape index (κ1) is 122. The molecule has 2 heterocycles. The number of carbonyl (C=O) groups is 6. The van der Waals surface area contributed by atoms with E-state index in [9.17, 15) is 68.3 Å². The number of amides is 4. The SMILES string of the molecule is CCCCCCCCCCCCCCCC(=O)O[C@H](CCCCCCCCCCC)CC(=O)N[C@@H]1[C@@H](NC(=O)C[C@@H](CCCCCCCCCCC)OC(=O)CCCCCCCCCCCCCCC)[C@H](OC[C@H]2O[C@H](OP(=O)(O)O)[C@H](NC(=O)C[C@H](O)CCCCCCCCCCC)[C@@H](NC(=O)C[C@H](O)CCCCCCCCCCC)[C@@H]2O)O[C@H](CO)[C@H]1OP(=O)(O)O. The molecule has 2 saturated heterocycles. The fraction of sp³-hybridized carbons (Fsp3) is 0.940. The van der Waals surface area contributed by atoms with Gasteiger partial charge in [-0.3, -0.25) is 37.8 Å². The van der Waals surface area contributed by atoms with E-state index in [1.807, 2.05) is 0 Å². The van der Waals surface area contributed by atoms with E-state index in [1.54, 1.807) is 0 Å². The predicted octanol–water partition coefficient (Wildman–Crippen LogP) is 22.1. The fourth-order valence-corrected chi connectivity index (χ4v) is 19.0. The normalized spacial score (nSPS) is 20.0. The molecule has 129 heavy (non-hydrogen) atoms. The first-order valence-corrected chi connectivity index (χ1v) is 56.0. The lowest BCUT2D eigenvalue weighted by atomic mass is 9.92. The number of unbranched alkanes of at least 4 members (excludes halogenated alkanes) is 56. The highest BCUT2D eigenvalue weighted by atomic mass is 31.2. The number of hydrogen-bond donors (Lipinski definition) is 12. The summed E-state index contributed by atoms with van der Waals surface area (Å²) in [6.07, 6.45) is 47.9. The number of carbonyl (C=O) groups excluding carboxylic acids is 6. The number of hydrogen-bond acceptors (Lipinski definition) is 19. The van der Waals surface area contributed by atoms with Crippen molar-refractivity contribution in [3.05, 3.63) is 0 Å². The van der Waals surface area contributed by atoms with Gasteiger partial charge < -0.3 is 85.0 Å². The molecule has 0 aromatic carbocycles. The highest BCUT2D eigenvalue weighted by Gasteiger charge is 2.54. The van der Waals surface area contributed by atoms with Gasteiger partial charge in [-0.15, -0.1) is 0 Å². The Hall–Kier alpha value is -3.24. The molecule has 2 aliphatic rings. The molecule has 0 unspecified atom stereocenters. The molecule has 4 amide bonds. The predicted molar refractivity (Wildman–Crippen MR) is 512 cm³/mol. The van der Waals surface area contributed by atoms with Gasteiger partial charge in [0.1, 0.15) is 48.7 Å². The molecule has 0 aliphatic carbocycles. The Morgan fingerprint density at radius 1 is 0.310 bits per heavy atom. The first-order valence-electron chi connectivity index (χ1n) is 52.9. The van der Waals surface area contributed by atoms with Gasteiger partial charge in [0, 0.05) is 12.8 Å². The quantitative estimate of drug-likeness (QED) is 0.0153. The second-order valence-corrected chi connectivity index (χ2v) is 40.3. The third kappa shape index (κ3) is 66.8. The minimum Gasteiger partial charge on any atom is -0.462 e. The van der Waals surface area contributed by atoms with Crippen LogP contribution in [0.25, 0.3) is 0 Å². The van der Waals surface area contributed by atoms with Gasteiger partial charge in [0.2, 0.25) is 23.6 Å². The second-order valence-electron chi connectivity index (χ2n) is 37.9. The van der Waals surface area contributed by atoms with Crippen molar-refractivity contribution in [2.24, 2.45) is 0 Å². The summed E-state index contributed by atoms with van der Waals surface area (Å²) in [7, 11) is -11.3. The van der Waals surface area contributed by atoms with Crippen LogP contribution in [0, 0.1) is 0 Å². The third-order valence-corrected chi connectivity index (χ3v) is 26.6. The van der Waals surface area contributed by atoms with E-state index in [0.717, 1.165) is 225 Å². The van der Waals surface area contributed by atoms with Gasteiger partial charge >= 0.3 is 27.6 Å². The molecule has 2 rings (SSSR count). The standard InChI is InChI=1S/C100H192N4O23P2/c1-7-13-19-25-31-37-39-41-43-49-55-61-67-73-91(112)122-83(71-65-59-53-47-35-29-23-17-11-5)77-89(110)102-94-96(104-90(111)78-84(72-66-60-54-48-36-30-24-18-12-6)123-92(113)74-68-62-56-50-44-42-40-38-32-26-20-14-8-2)99(124-85(79-105)98(94)126-128(115,116)117)121-80-86-97(114)93(101-87(108)75-81(106)69-63-57-51-45-33-27-21-15-9-3)95(100(125-86)127-129(118,119)120)103-88(109)76-82(107)70-64-58-52-46-34-28-22-16-10-4/h81-86,93-100,105-107,114H,7-80H2,1-6H3,(H,101,108)(H,102,110)(H,103,109)(H,104,111)(H2,115,116,117)(H2,118,119,120)/t81-,82-,83-,84-,85-,86-,93-,94-,95-,96-,97-,98-,99-,100-/m1/s1. The summed E-state index contributed by atoms with van der Waals surface area (Å²) in [5.41, 5.74) is 0. The zero-order chi connectivity index (χ0) is 94.7. The van der Waals surface area contributed by atoms with Gasteiger partial charge in [-0.05, 0) is 51.4 Å². The van der Waals surface area contributed by atoms with E-state index in [-0.39, 0.29) is 38.5 Å². The lowest BCUT2D eigenvalue weighted by Crippen LogP contribution is -2.71. The van der Waals surface area contributed by atoms with Gasteiger partial charge in [0.05, 0.1) is 63.2 Å². The highest BCUT2D eigenvalue weighted by Crippen LogP contribution is 2.44. The Labute approximate surface area is 781 Å². The summed E-state index contributed by atoms with van der Waals surface area (Å²) in [6.45, 7) is 11.1. The molecule has 12 N–H and O–H groups in total. The molecule has 0 aromatic rings. The van der Waals surface area contributed by atoms with Crippen LogP contribution in [0.2, 0.25) is 0 Å². The molecule has 27 nitrogen and oxygen atoms in total. The van der Waals surface area contributed by atoms with Crippen LogP contribution < -0.4 is 21.3 Å². The number of ether oxygens (including phenoxy) is 5. The highest BCUT2D eigenvalue weighted by molar-refractivity contribution is 7.46. The van der Waals surface area contributed by atoms with Crippen molar-refractivity contribution in [3.8, 4) is 0 Å². The lowest BCUT2D eigenvalue weighted by molar-refractivity contribution is -0.276. The molecule has 0 bridgehead atoms. The van der Waals surface area contributed by atoms with E-state index in [2.05, 4.69) is 62.8 Å². The van der Waals surface area contributed by atoms with Crippen LogP contribution in [0.4, 0.5) is 0 Å². The van der Waals surface area contributed by atoms with Crippen LogP contribution in [0.15, 0.2) is 0 Å². The number of aliphatic hydroxyl groups is 4. The van der Waals surface area contributed by atoms with Gasteiger partial charge in [-0.2, -0.15) is 0 Å². The maximum Gasteiger partial charge on any atom is 0.472 e. The molecular formula is C100H192N4O23P2. The lowest BCUT2D eigenvalue weighted by Gasteiger charge is -2.48. The summed E-state index contributed by atoms with van der Waals surface area (Å²) in [4.78, 5) is 129. The van der Waals surface area contributed by atoms with Crippen LogP contribution in [0.3, 0.4) is 0 Å². The molecule has 0 radical (unpaired) electrons. The molecule has 0 saturated carbocycles. The van der Waals surface area contributed by atoms with Gasteiger partial charge in [0.25, 0.3) is 0 Å². The van der Waals surface area contributed by atoms with Crippen LogP contribution in [-0.2, 0) is 70.6 Å². The van der Waals surface area contributed by atoms with Crippen LogP contribution in [0.5, 0.6) is 0 Å². The molecule has 0 aromatic heterocycles. The minimum atomic E-state index is -5.65. The maximum absolute atomic E-state index is 15.3. The van der Waals surface area contributed by atoms with E-state index >= 15 is 9.59 Å². The summed E-state index contributed by atoms with van der Waals surface area (Å²) in [6, 6.07) is -7.20. The number of aliphatic hydroxyl groups excluding tert-OH is 4. The maximum atomic E-state index is 15.3. The summed E-state index contributed by atoms with van der Waals surface area (Å²) in [5.74, 6) is -4.36. The Bertz CT molecular complexity index is 2830. The van der Waals surface area contributed by atoms with E-state index in [4.69, 9.17) is 32.7 Å². The monoisotopic (exact) mass is 1880 g/mol. The molecule has 2 aliphatic heterocycles. The van der Waals surface area contributed by atoms with E-state index < -0.39 is 176 Å². The third-order valence-electron chi connectivity index (χ3n) is 25.6. The van der Waals surface area contributed by atoms with Gasteiger partial charge in [0.15, 0.2) is 12.6 Å². The zero-order valence-electron chi connectivity index (χ0n) is 82.0. The molecule has 14 atom stereocenters. The zero-order valence-corrected chi connectivity index (χ0v) is 83.8. The Balaban J connectivity index is 2.82. The summed E-state index contributed by atoms with van der Waals surface area (Å²) < 4.78 is 68.6. The molecule has 2 fully saturated rings. The summed E-state index contributed by atoms with van der Waals surface area (Å²) in [5, 5.41) is 57.5. The fourth-order valence-electron chi connectivity index (χ4n) is 17.9. The molecule has 29 heteroatoms. The van der Waals surface area contributed by atoms with Gasteiger partial charge in [-0.1, -0.05) is 414 Å². The van der Waals surface area contributed by atoms with Crippen molar-refractivity contribution in [1.82, 2.24) is 21.3 Å². The average molecular weight is 1880 g/mol. The van der Waals surface area contributed by atoms with Crippen molar-refractivity contribution in [1.29, 1.82) is 0 Å². The molecular weight excluding hydrogens is 1690 g/mol. The van der Waals surface area contributed by atoms with Crippen LogP contribution in [-0.4, -0.2) is 174 Å². The van der Waals surface area contributed by atoms with E-state index in [1.165, 1.54) is 135 Å². The topological polar surface area (TPSA) is 411 Å². The second kappa shape index (κ2) is 80.8. The smallest absolute Gasteiger partial charge is 0.462 e. The van der Waals surface area contributed by atoms with Crippen molar-refractivity contribution in [2.45, 2.75) is 589 Å².